The van der Waals surface area contributed by atoms with Crippen LogP contribution in [0.4, 0.5) is 0 Å². The van der Waals surface area contributed by atoms with Crippen molar-refractivity contribution in [2.75, 3.05) is 0 Å². The number of hydrogen-bond donors (Lipinski definition) is 1. The largest absolute Gasteiger partial charge is 0.478 e. The van der Waals surface area contributed by atoms with Gasteiger partial charge in [-0.2, -0.15) is 0 Å². The average molecular weight is 275 g/mol. The lowest BCUT2D eigenvalue weighted by Gasteiger charge is -2.27. The van der Waals surface area contributed by atoms with Gasteiger partial charge >= 0.3 is 5.97 Å². The predicted molar refractivity (Wildman–Crippen MR) is 77.0 cm³/mol. The minimum atomic E-state index is -0.935. The van der Waals surface area contributed by atoms with Crippen molar-refractivity contribution in [3.05, 3.63) is 70.2 Å². The van der Waals surface area contributed by atoms with Crippen molar-refractivity contribution in [2.24, 2.45) is 0 Å². The molecular weight excluding hydrogens is 260 g/mol. The second-order valence-corrected chi connectivity index (χ2v) is 5.42. The van der Waals surface area contributed by atoms with E-state index in [-0.39, 0.29) is 0 Å². The highest BCUT2D eigenvalue weighted by atomic mass is 35.5. The summed E-state index contributed by atoms with van der Waals surface area (Å²) in [7, 11) is 0. The molecule has 19 heavy (non-hydrogen) atoms. The van der Waals surface area contributed by atoms with Crippen molar-refractivity contribution in [2.45, 2.75) is 19.3 Å². The molecule has 1 N–H and O–H groups in total. The van der Waals surface area contributed by atoms with Crippen LogP contribution in [0.1, 0.15) is 35.3 Å². The van der Waals surface area contributed by atoms with Crippen molar-refractivity contribution < 1.29 is 9.90 Å². The number of hydrogen-bond acceptors (Lipinski definition) is 1. The number of carboxylic acids is 1. The molecule has 0 atom stereocenters. The van der Waals surface area contributed by atoms with E-state index in [1.807, 2.05) is 44.2 Å². The second kappa shape index (κ2) is 5.06. The number of carboxylic acid groups (broad SMARTS) is 1. The van der Waals surface area contributed by atoms with Crippen molar-refractivity contribution in [1.29, 1.82) is 0 Å². The van der Waals surface area contributed by atoms with E-state index in [0.717, 1.165) is 11.1 Å². The summed E-state index contributed by atoms with van der Waals surface area (Å²) in [5.41, 5.74) is 1.65. The van der Waals surface area contributed by atoms with Crippen LogP contribution in [0.15, 0.2) is 48.5 Å². The molecule has 0 saturated carbocycles. The average Bonchev–Trinajstić information content (AvgIpc) is 2.39. The Bertz CT molecular complexity index is 603. The molecule has 98 valence electrons. The maximum Gasteiger partial charge on any atom is 0.335 e. The van der Waals surface area contributed by atoms with Gasteiger partial charge in [-0.1, -0.05) is 55.8 Å². The predicted octanol–water partition coefficient (Wildman–Crippen LogP) is 4.36. The Morgan fingerprint density at radius 1 is 1.11 bits per heavy atom. The fraction of sp³-hybridized carbons (Fsp3) is 0.188. The van der Waals surface area contributed by atoms with Crippen molar-refractivity contribution in [3.8, 4) is 0 Å². The molecule has 2 nitrogen and oxygen atoms in total. The van der Waals surface area contributed by atoms with Crippen LogP contribution in [-0.4, -0.2) is 11.1 Å². The molecule has 2 aromatic carbocycles. The van der Waals surface area contributed by atoms with Crippen LogP contribution in [0.3, 0.4) is 0 Å². The second-order valence-electron chi connectivity index (χ2n) is 4.99. The lowest BCUT2D eigenvalue weighted by atomic mass is 9.76. The Labute approximate surface area is 117 Å². The Hall–Kier alpha value is -1.80. The molecule has 3 heteroatoms. The molecule has 2 aromatic rings. The van der Waals surface area contributed by atoms with Gasteiger partial charge in [-0.15, -0.1) is 0 Å². The first kappa shape index (κ1) is 13.6. The van der Waals surface area contributed by atoms with E-state index in [1.54, 1.807) is 18.2 Å². The molecule has 0 radical (unpaired) electrons. The van der Waals surface area contributed by atoms with Crippen molar-refractivity contribution in [1.82, 2.24) is 0 Å². The maximum absolute atomic E-state index is 11.4. The Morgan fingerprint density at radius 2 is 1.74 bits per heavy atom. The number of halogens is 1. The van der Waals surface area contributed by atoms with E-state index in [2.05, 4.69) is 0 Å². The van der Waals surface area contributed by atoms with Crippen LogP contribution in [0, 0.1) is 0 Å². The summed E-state index contributed by atoms with van der Waals surface area (Å²) in [6.07, 6.45) is 0. The smallest absolute Gasteiger partial charge is 0.335 e. The van der Waals surface area contributed by atoms with E-state index in [9.17, 15) is 9.90 Å². The molecule has 0 heterocycles. The van der Waals surface area contributed by atoms with Gasteiger partial charge in [0.1, 0.15) is 0 Å². The van der Waals surface area contributed by atoms with E-state index >= 15 is 0 Å². The molecule has 0 unspecified atom stereocenters. The molecule has 0 spiro atoms. The molecule has 0 saturated heterocycles. The zero-order chi connectivity index (χ0) is 14.0. The minimum Gasteiger partial charge on any atom is -0.478 e. The van der Waals surface area contributed by atoms with Gasteiger partial charge in [-0.3, -0.25) is 0 Å². The monoisotopic (exact) mass is 274 g/mol. The lowest BCUT2D eigenvalue weighted by molar-refractivity contribution is 0.0694. The van der Waals surface area contributed by atoms with Gasteiger partial charge in [0.2, 0.25) is 0 Å². The highest BCUT2D eigenvalue weighted by Gasteiger charge is 2.28. The molecule has 0 amide bonds. The normalized spacial score (nSPS) is 11.3. The number of aromatic carboxylic acids is 1. The molecule has 0 aromatic heterocycles. The van der Waals surface area contributed by atoms with Crippen LogP contribution < -0.4 is 0 Å². The molecule has 0 aliphatic rings. The van der Waals surface area contributed by atoms with E-state index in [1.165, 1.54) is 0 Å². The van der Waals surface area contributed by atoms with Gasteiger partial charge in [0.15, 0.2) is 0 Å². The molecular formula is C16H15ClO2. The third kappa shape index (κ3) is 2.64. The summed E-state index contributed by atoms with van der Waals surface area (Å²) in [4.78, 5) is 11.4. The summed E-state index contributed by atoms with van der Waals surface area (Å²) in [5.74, 6) is -0.935. The van der Waals surface area contributed by atoms with Gasteiger partial charge in [-0.25, -0.2) is 4.79 Å². The standard InChI is InChI=1S/C16H15ClO2/c1-16(2,11-6-4-3-5-7-11)14-10-12(17)8-9-13(14)15(18)19/h3-10H,1-2H3,(H,18,19). The molecule has 0 aliphatic carbocycles. The zero-order valence-electron chi connectivity index (χ0n) is 10.9. The zero-order valence-corrected chi connectivity index (χ0v) is 11.6. The minimum absolute atomic E-state index is 0.290. The van der Waals surface area contributed by atoms with Gasteiger partial charge < -0.3 is 5.11 Å². The molecule has 0 aliphatic heterocycles. The Kier molecular flexibility index (Phi) is 3.63. The fourth-order valence-corrected chi connectivity index (χ4v) is 2.40. The Balaban J connectivity index is 2.63. The maximum atomic E-state index is 11.4. The van der Waals surface area contributed by atoms with E-state index < -0.39 is 11.4 Å². The molecule has 0 fully saturated rings. The van der Waals surface area contributed by atoms with Crippen LogP contribution >= 0.6 is 11.6 Å². The van der Waals surface area contributed by atoms with Crippen LogP contribution in [-0.2, 0) is 5.41 Å². The van der Waals surface area contributed by atoms with Gasteiger partial charge in [0.25, 0.3) is 0 Å². The first-order valence-electron chi connectivity index (χ1n) is 6.02. The number of rotatable bonds is 3. The third-order valence-corrected chi connectivity index (χ3v) is 3.62. The SMILES string of the molecule is CC(C)(c1ccccc1)c1cc(Cl)ccc1C(=O)O. The van der Waals surface area contributed by atoms with Gasteiger partial charge in [-0.05, 0) is 29.3 Å². The van der Waals surface area contributed by atoms with Crippen LogP contribution in [0.5, 0.6) is 0 Å². The van der Waals surface area contributed by atoms with Crippen LogP contribution in [0.2, 0.25) is 5.02 Å². The number of carbonyl (C=O) groups is 1. The van der Waals surface area contributed by atoms with E-state index in [0.29, 0.717) is 10.6 Å². The number of benzene rings is 2. The lowest BCUT2D eigenvalue weighted by Crippen LogP contribution is -2.22. The highest BCUT2D eigenvalue weighted by molar-refractivity contribution is 6.30. The third-order valence-electron chi connectivity index (χ3n) is 3.38. The van der Waals surface area contributed by atoms with Crippen molar-refractivity contribution >= 4 is 17.6 Å². The summed E-state index contributed by atoms with van der Waals surface area (Å²) >= 11 is 6.02. The summed E-state index contributed by atoms with van der Waals surface area (Å²) < 4.78 is 0. The van der Waals surface area contributed by atoms with Crippen LogP contribution in [0.25, 0.3) is 0 Å². The summed E-state index contributed by atoms with van der Waals surface area (Å²) in [6, 6.07) is 14.7. The molecule has 2 rings (SSSR count). The molecule has 0 bridgehead atoms. The Morgan fingerprint density at radius 3 is 2.32 bits per heavy atom. The van der Waals surface area contributed by atoms with E-state index in [4.69, 9.17) is 11.6 Å². The topological polar surface area (TPSA) is 37.3 Å². The quantitative estimate of drug-likeness (QED) is 0.903. The first-order chi connectivity index (χ1) is 8.93. The first-order valence-corrected chi connectivity index (χ1v) is 6.39. The fourth-order valence-electron chi connectivity index (χ4n) is 2.23. The highest BCUT2D eigenvalue weighted by Crippen LogP contribution is 2.35. The van der Waals surface area contributed by atoms with Crippen molar-refractivity contribution in [3.63, 3.8) is 0 Å². The summed E-state index contributed by atoms with van der Waals surface area (Å²) in [6.45, 7) is 4.00. The van der Waals surface area contributed by atoms with Gasteiger partial charge in [0.05, 0.1) is 5.56 Å². The summed E-state index contributed by atoms with van der Waals surface area (Å²) in [5, 5.41) is 9.87. The van der Waals surface area contributed by atoms with Gasteiger partial charge in [0, 0.05) is 10.4 Å².